The Hall–Kier alpha value is -1.80. The predicted octanol–water partition coefficient (Wildman–Crippen LogP) is 3.81. The molecule has 0 saturated carbocycles. The molecule has 2 heteroatoms. The fourth-order valence-corrected chi connectivity index (χ4v) is 2.10. The lowest BCUT2D eigenvalue weighted by atomic mass is 10.1. The molecule has 0 radical (unpaired) electrons. The Morgan fingerprint density at radius 1 is 1.00 bits per heavy atom. The molecule has 0 bridgehead atoms. The van der Waals surface area contributed by atoms with Crippen LogP contribution in [0.4, 0.5) is 0 Å². The zero-order valence-electron chi connectivity index (χ0n) is 12.3. The van der Waals surface area contributed by atoms with Crippen molar-refractivity contribution in [3.63, 3.8) is 0 Å². The van der Waals surface area contributed by atoms with Crippen LogP contribution in [-0.4, -0.2) is 13.1 Å². The summed E-state index contributed by atoms with van der Waals surface area (Å²) >= 11 is 0. The molecular weight excluding hydrogens is 246 g/mol. The van der Waals surface area contributed by atoms with Gasteiger partial charge in [0.15, 0.2) is 0 Å². The van der Waals surface area contributed by atoms with Gasteiger partial charge < -0.3 is 10.1 Å². The van der Waals surface area contributed by atoms with E-state index in [-0.39, 0.29) is 0 Å². The number of hydrogen-bond acceptors (Lipinski definition) is 2. The lowest BCUT2D eigenvalue weighted by molar-refractivity contribution is 0.302. The lowest BCUT2D eigenvalue weighted by Gasteiger charge is -2.14. The summed E-state index contributed by atoms with van der Waals surface area (Å²) in [7, 11) is 2.00. The van der Waals surface area contributed by atoms with Crippen LogP contribution in [0.2, 0.25) is 0 Å². The van der Waals surface area contributed by atoms with Gasteiger partial charge in [0.05, 0.1) is 0 Å². The first-order chi connectivity index (χ1) is 9.79. The second kappa shape index (κ2) is 7.71. The van der Waals surface area contributed by atoms with Crippen LogP contribution in [0, 0.1) is 0 Å². The molecule has 0 saturated heterocycles. The Bertz CT molecular complexity index is 510. The zero-order chi connectivity index (χ0) is 14.2. The van der Waals surface area contributed by atoms with Crippen molar-refractivity contribution in [2.75, 3.05) is 7.05 Å². The predicted molar refractivity (Wildman–Crippen MR) is 84.1 cm³/mol. The molecular formula is C18H23NO. The topological polar surface area (TPSA) is 21.3 Å². The van der Waals surface area contributed by atoms with Crippen molar-refractivity contribution in [1.29, 1.82) is 0 Å². The minimum atomic E-state index is 0.525. The van der Waals surface area contributed by atoms with E-state index in [1.807, 2.05) is 31.3 Å². The Labute approximate surface area is 121 Å². The van der Waals surface area contributed by atoms with Crippen molar-refractivity contribution in [3.8, 4) is 5.75 Å². The van der Waals surface area contributed by atoms with E-state index in [0.29, 0.717) is 12.6 Å². The molecule has 0 aliphatic heterocycles. The van der Waals surface area contributed by atoms with Gasteiger partial charge in [0.1, 0.15) is 12.4 Å². The van der Waals surface area contributed by atoms with E-state index in [1.165, 1.54) is 11.1 Å². The molecule has 2 nitrogen and oxygen atoms in total. The summed E-state index contributed by atoms with van der Waals surface area (Å²) in [6, 6.07) is 19.1. The third-order valence-corrected chi connectivity index (χ3v) is 3.55. The molecule has 0 heterocycles. The fourth-order valence-electron chi connectivity index (χ4n) is 2.10. The van der Waals surface area contributed by atoms with Gasteiger partial charge in [0.2, 0.25) is 0 Å². The molecule has 0 aromatic heterocycles. The zero-order valence-corrected chi connectivity index (χ0v) is 12.3. The Kier molecular flexibility index (Phi) is 5.63. The van der Waals surface area contributed by atoms with Crippen molar-refractivity contribution >= 4 is 0 Å². The molecule has 0 amide bonds. The smallest absolute Gasteiger partial charge is 0.122 e. The summed E-state index contributed by atoms with van der Waals surface area (Å²) in [6.07, 6.45) is 2.15. The van der Waals surface area contributed by atoms with Gasteiger partial charge >= 0.3 is 0 Å². The average Bonchev–Trinajstić information content (AvgIpc) is 2.52. The van der Waals surface area contributed by atoms with Crippen LogP contribution in [0.15, 0.2) is 54.6 Å². The summed E-state index contributed by atoms with van der Waals surface area (Å²) in [5.74, 6) is 1.000. The van der Waals surface area contributed by atoms with Gasteiger partial charge in [-0.25, -0.2) is 0 Å². The number of aryl methyl sites for hydroxylation is 1. The fraction of sp³-hybridized carbons (Fsp3) is 0.333. The molecule has 0 aliphatic carbocycles. The van der Waals surface area contributed by atoms with Crippen molar-refractivity contribution in [1.82, 2.24) is 5.32 Å². The molecule has 0 spiro atoms. The third kappa shape index (κ3) is 4.39. The maximum atomic E-state index is 5.97. The van der Waals surface area contributed by atoms with Gasteiger partial charge in [-0.3, -0.25) is 0 Å². The molecule has 1 unspecified atom stereocenters. The molecule has 0 aliphatic rings. The van der Waals surface area contributed by atoms with E-state index in [1.54, 1.807) is 0 Å². The van der Waals surface area contributed by atoms with Gasteiger partial charge in [0.25, 0.3) is 0 Å². The van der Waals surface area contributed by atoms with Gasteiger partial charge in [-0.2, -0.15) is 0 Å². The summed E-state index contributed by atoms with van der Waals surface area (Å²) in [5, 5.41) is 3.27. The molecule has 0 fully saturated rings. The maximum absolute atomic E-state index is 5.97. The Morgan fingerprint density at radius 3 is 2.45 bits per heavy atom. The normalized spacial score (nSPS) is 12.1. The van der Waals surface area contributed by atoms with Crippen LogP contribution in [-0.2, 0) is 13.0 Å². The van der Waals surface area contributed by atoms with Crippen LogP contribution in [0.5, 0.6) is 5.75 Å². The lowest BCUT2D eigenvalue weighted by Crippen LogP contribution is -2.21. The minimum Gasteiger partial charge on any atom is -0.489 e. The van der Waals surface area contributed by atoms with E-state index in [2.05, 4.69) is 42.6 Å². The number of para-hydroxylation sites is 1. The third-order valence-electron chi connectivity index (χ3n) is 3.55. The quantitative estimate of drug-likeness (QED) is 0.825. The molecule has 2 aromatic carbocycles. The number of hydrogen-bond donors (Lipinski definition) is 1. The molecule has 2 aromatic rings. The molecule has 2 rings (SSSR count). The van der Waals surface area contributed by atoms with Crippen molar-refractivity contribution < 1.29 is 4.74 Å². The minimum absolute atomic E-state index is 0.525. The standard InChI is InChI=1S/C18H23NO/c1-15(19-2)12-13-17-10-6-7-11-18(17)20-14-16-8-4-3-5-9-16/h3-11,15,19H,12-14H2,1-2H3. The van der Waals surface area contributed by atoms with Gasteiger partial charge in [-0.15, -0.1) is 0 Å². The Balaban J connectivity index is 1.97. The number of ether oxygens (including phenoxy) is 1. The van der Waals surface area contributed by atoms with Gasteiger partial charge in [0, 0.05) is 6.04 Å². The number of rotatable bonds is 7. The number of benzene rings is 2. The van der Waals surface area contributed by atoms with Crippen LogP contribution in [0.1, 0.15) is 24.5 Å². The van der Waals surface area contributed by atoms with E-state index in [0.717, 1.165) is 18.6 Å². The van der Waals surface area contributed by atoms with Gasteiger partial charge in [-0.05, 0) is 44.0 Å². The summed E-state index contributed by atoms with van der Waals surface area (Å²) in [6.45, 7) is 2.83. The molecule has 20 heavy (non-hydrogen) atoms. The SMILES string of the molecule is CNC(C)CCc1ccccc1OCc1ccccc1. The Morgan fingerprint density at radius 2 is 1.70 bits per heavy atom. The van der Waals surface area contributed by atoms with E-state index in [4.69, 9.17) is 4.74 Å². The van der Waals surface area contributed by atoms with E-state index < -0.39 is 0 Å². The summed E-state index contributed by atoms with van der Waals surface area (Å²) in [4.78, 5) is 0. The maximum Gasteiger partial charge on any atom is 0.122 e. The monoisotopic (exact) mass is 269 g/mol. The molecule has 1 N–H and O–H groups in total. The first-order valence-electron chi connectivity index (χ1n) is 7.21. The summed E-state index contributed by atoms with van der Waals surface area (Å²) in [5.41, 5.74) is 2.48. The first-order valence-corrected chi connectivity index (χ1v) is 7.21. The highest BCUT2D eigenvalue weighted by molar-refractivity contribution is 5.33. The van der Waals surface area contributed by atoms with E-state index >= 15 is 0 Å². The highest BCUT2D eigenvalue weighted by atomic mass is 16.5. The van der Waals surface area contributed by atoms with Crippen molar-refractivity contribution in [3.05, 3.63) is 65.7 Å². The highest BCUT2D eigenvalue weighted by Gasteiger charge is 2.05. The largest absolute Gasteiger partial charge is 0.489 e. The molecule has 1 atom stereocenters. The van der Waals surface area contributed by atoms with Crippen LogP contribution >= 0.6 is 0 Å². The van der Waals surface area contributed by atoms with Crippen LogP contribution in [0.25, 0.3) is 0 Å². The number of nitrogens with one attached hydrogen (secondary N) is 1. The van der Waals surface area contributed by atoms with Crippen LogP contribution in [0.3, 0.4) is 0 Å². The van der Waals surface area contributed by atoms with Crippen molar-refractivity contribution in [2.45, 2.75) is 32.4 Å². The van der Waals surface area contributed by atoms with Crippen LogP contribution < -0.4 is 10.1 Å². The van der Waals surface area contributed by atoms with E-state index in [9.17, 15) is 0 Å². The van der Waals surface area contributed by atoms with Gasteiger partial charge in [-0.1, -0.05) is 48.5 Å². The highest BCUT2D eigenvalue weighted by Crippen LogP contribution is 2.21. The van der Waals surface area contributed by atoms with Crippen molar-refractivity contribution in [2.24, 2.45) is 0 Å². The molecule has 106 valence electrons. The first kappa shape index (κ1) is 14.6. The summed E-state index contributed by atoms with van der Waals surface area (Å²) < 4.78 is 5.97. The second-order valence-corrected chi connectivity index (χ2v) is 5.11. The average molecular weight is 269 g/mol. The second-order valence-electron chi connectivity index (χ2n) is 5.11.